The van der Waals surface area contributed by atoms with Crippen molar-refractivity contribution in [2.24, 2.45) is 0 Å². The third-order valence-corrected chi connectivity index (χ3v) is 3.87. The smallest absolute Gasteiger partial charge is 0.131 e. The van der Waals surface area contributed by atoms with Crippen molar-refractivity contribution in [2.75, 3.05) is 0 Å². The van der Waals surface area contributed by atoms with Gasteiger partial charge in [-0.05, 0) is 35.9 Å². The van der Waals surface area contributed by atoms with Crippen LogP contribution in [0, 0.1) is 5.82 Å². The van der Waals surface area contributed by atoms with Crippen LogP contribution in [0.1, 0.15) is 11.1 Å². The summed E-state index contributed by atoms with van der Waals surface area (Å²) in [6, 6.07) is 9.99. The van der Waals surface area contributed by atoms with E-state index in [1.54, 1.807) is 18.2 Å². The first-order chi connectivity index (χ1) is 9.10. The van der Waals surface area contributed by atoms with Crippen LogP contribution in [-0.4, -0.2) is 0 Å². The molecule has 0 radical (unpaired) electrons. The van der Waals surface area contributed by atoms with E-state index in [2.05, 4.69) is 15.9 Å². The third kappa shape index (κ3) is 3.85. The highest BCUT2D eigenvalue weighted by molar-refractivity contribution is 9.10. The van der Waals surface area contributed by atoms with Crippen LogP contribution in [0.2, 0.25) is 5.02 Å². The maximum Gasteiger partial charge on any atom is 0.131 e. The van der Waals surface area contributed by atoms with E-state index < -0.39 is 0 Å². The monoisotopic (exact) mass is 362 g/mol. The Balaban J connectivity index is 2.10. The zero-order valence-electron chi connectivity index (χ0n) is 9.80. The van der Waals surface area contributed by atoms with Gasteiger partial charge in [0.05, 0.1) is 0 Å². The molecule has 0 bridgehead atoms. The molecule has 0 aliphatic heterocycles. The second kappa shape index (κ2) is 6.60. The van der Waals surface area contributed by atoms with E-state index in [1.165, 1.54) is 6.07 Å². The molecule has 0 N–H and O–H groups in total. The zero-order chi connectivity index (χ0) is 13.8. The minimum absolute atomic E-state index is 0.145. The highest BCUT2D eigenvalue weighted by Gasteiger charge is 2.05. The molecule has 19 heavy (non-hydrogen) atoms. The fourth-order valence-electron chi connectivity index (χ4n) is 1.54. The number of ether oxygens (including phenoxy) is 1. The number of hydrogen-bond donors (Lipinski definition) is 0. The molecule has 100 valence electrons. The van der Waals surface area contributed by atoms with Crippen LogP contribution < -0.4 is 4.74 Å². The van der Waals surface area contributed by atoms with Gasteiger partial charge in [0.2, 0.25) is 0 Å². The molecule has 0 aromatic heterocycles. The van der Waals surface area contributed by atoms with Crippen LogP contribution in [0.5, 0.6) is 5.75 Å². The molecule has 0 spiro atoms. The lowest BCUT2D eigenvalue weighted by molar-refractivity contribution is 0.299. The predicted octanol–water partition coefficient (Wildman–Crippen LogP) is 5.56. The van der Waals surface area contributed by atoms with Gasteiger partial charge in [-0.1, -0.05) is 33.6 Å². The molecule has 0 saturated carbocycles. The zero-order valence-corrected chi connectivity index (χ0v) is 12.9. The van der Waals surface area contributed by atoms with Gasteiger partial charge in [-0.15, -0.1) is 11.6 Å². The number of alkyl halides is 1. The van der Waals surface area contributed by atoms with Crippen molar-refractivity contribution in [1.82, 2.24) is 0 Å². The third-order valence-electron chi connectivity index (χ3n) is 2.57. The summed E-state index contributed by atoms with van der Waals surface area (Å²) in [6.07, 6.45) is 0. The van der Waals surface area contributed by atoms with Crippen LogP contribution in [0.3, 0.4) is 0 Å². The number of benzene rings is 2. The highest BCUT2D eigenvalue weighted by Crippen LogP contribution is 2.25. The van der Waals surface area contributed by atoms with Crippen LogP contribution in [-0.2, 0) is 12.5 Å². The second-order valence-corrected chi connectivity index (χ2v) is 5.47. The summed E-state index contributed by atoms with van der Waals surface area (Å²) < 4.78 is 20.0. The maximum absolute atomic E-state index is 13.6. The van der Waals surface area contributed by atoms with E-state index in [0.717, 1.165) is 10.0 Å². The van der Waals surface area contributed by atoms with Crippen LogP contribution >= 0.6 is 39.1 Å². The van der Waals surface area contributed by atoms with Gasteiger partial charge >= 0.3 is 0 Å². The van der Waals surface area contributed by atoms with E-state index in [4.69, 9.17) is 27.9 Å². The molecule has 2 aromatic carbocycles. The van der Waals surface area contributed by atoms with Crippen molar-refractivity contribution in [3.8, 4) is 5.75 Å². The van der Waals surface area contributed by atoms with Gasteiger partial charge in [-0.25, -0.2) is 4.39 Å². The Bertz CT molecular complexity index is 590. The van der Waals surface area contributed by atoms with Gasteiger partial charge in [-0.3, -0.25) is 0 Å². The first-order valence-corrected chi connectivity index (χ1v) is 7.22. The van der Waals surface area contributed by atoms with E-state index in [-0.39, 0.29) is 12.4 Å². The van der Waals surface area contributed by atoms with Crippen LogP contribution in [0.25, 0.3) is 0 Å². The number of rotatable bonds is 4. The van der Waals surface area contributed by atoms with Crippen LogP contribution in [0.15, 0.2) is 40.9 Å². The Labute approximate surface area is 129 Å². The molecule has 2 aromatic rings. The Hall–Kier alpha value is -0.770. The Morgan fingerprint density at radius 2 is 1.89 bits per heavy atom. The first kappa shape index (κ1) is 14.6. The van der Waals surface area contributed by atoms with Crippen molar-refractivity contribution >= 4 is 39.1 Å². The van der Waals surface area contributed by atoms with E-state index in [9.17, 15) is 4.39 Å². The summed E-state index contributed by atoms with van der Waals surface area (Å²) in [5.74, 6) is 0.656. The molecule has 0 unspecified atom stereocenters. The van der Waals surface area contributed by atoms with Gasteiger partial charge in [-0.2, -0.15) is 0 Å². The summed E-state index contributed by atoms with van der Waals surface area (Å²) in [4.78, 5) is 0. The second-order valence-electron chi connectivity index (χ2n) is 3.91. The SMILES string of the molecule is Fc1cc(Cl)ccc1COc1ccc(Br)c(CCl)c1. The molecule has 0 aliphatic carbocycles. The molecule has 0 aliphatic rings. The summed E-state index contributed by atoms with van der Waals surface area (Å²) in [5, 5.41) is 0.370. The van der Waals surface area contributed by atoms with Crippen molar-refractivity contribution in [3.05, 3.63) is 62.8 Å². The van der Waals surface area contributed by atoms with Crippen molar-refractivity contribution < 1.29 is 9.13 Å². The van der Waals surface area contributed by atoms with E-state index in [0.29, 0.717) is 22.2 Å². The average Bonchev–Trinajstić information content (AvgIpc) is 2.39. The molecule has 0 fully saturated rings. The molecule has 0 atom stereocenters. The Morgan fingerprint density at radius 1 is 1.11 bits per heavy atom. The lowest BCUT2D eigenvalue weighted by atomic mass is 10.2. The standard InChI is InChI=1S/C14H10BrCl2FO/c15-13-4-3-12(5-10(13)7-16)19-8-9-1-2-11(17)6-14(9)18/h1-6H,7-8H2. The first-order valence-electron chi connectivity index (χ1n) is 5.51. The fourth-order valence-corrected chi connectivity index (χ4v) is 2.47. The topological polar surface area (TPSA) is 9.23 Å². The number of halogens is 4. The summed E-state index contributed by atoms with van der Waals surface area (Å²) in [5.41, 5.74) is 1.38. The van der Waals surface area contributed by atoms with Gasteiger partial charge in [0, 0.05) is 20.9 Å². The van der Waals surface area contributed by atoms with Gasteiger partial charge < -0.3 is 4.74 Å². The molecular weight excluding hydrogens is 354 g/mol. The normalized spacial score (nSPS) is 10.5. The van der Waals surface area contributed by atoms with E-state index in [1.807, 2.05) is 12.1 Å². The lowest BCUT2D eigenvalue weighted by Crippen LogP contribution is -1.99. The summed E-state index contributed by atoms with van der Waals surface area (Å²) in [7, 11) is 0. The molecule has 0 heterocycles. The molecule has 5 heteroatoms. The summed E-state index contributed by atoms with van der Waals surface area (Å²) in [6.45, 7) is 0.145. The van der Waals surface area contributed by atoms with E-state index >= 15 is 0 Å². The number of hydrogen-bond acceptors (Lipinski definition) is 1. The molecular formula is C14H10BrCl2FO. The predicted molar refractivity (Wildman–Crippen MR) is 79.4 cm³/mol. The Kier molecular flexibility index (Phi) is 5.08. The molecule has 1 nitrogen and oxygen atoms in total. The minimum Gasteiger partial charge on any atom is -0.489 e. The molecule has 0 amide bonds. The summed E-state index contributed by atoms with van der Waals surface area (Å²) >= 11 is 14.9. The van der Waals surface area contributed by atoms with Crippen molar-refractivity contribution in [3.63, 3.8) is 0 Å². The van der Waals surface area contributed by atoms with Gasteiger partial charge in [0.1, 0.15) is 18.2 Å². The lowest BCUT2D eigenvalue weighted by Gasteiger charge is -2.09. The van der Waals surface area contributed by atoms with Crippen molar-refractivity contribution in [1.29, 1.82) is 0 Å². The molecule has 0 saturated heterocycles. The van der Waals surface area contributed by atoms with Crippen molar-refractivity contribution in [2.45, 2.75) is 12.5 Å². The highest BCUT2D eigenvalue weighted by atomic mass is 79.9. The van der Waals surface area contributed by atoms with Crippen LogP contribution in [0.4, 0.5) is 4.39 Å². The van der Waals surface area contributed by atoms with Gasteiger partial charge in [0.25, 0.3) is 0 Å². The fraction of sp³-hybridized carbons (Fsp3) is 0.143. The Morgan fingerprint density at radius 3 is 2.58 bits per heavy atom. The minimum atomic E-state index is -0.373. The average molecular weight is 364 g/mol. The van der Waals surface area contributed by atoms with Gasteiger partial charge in [0.15, 0.2) is 0 Å². The largest absolute Gasteiger partial charge is 0.489 e. The quantitative estimate of drug-likeness (QED) is 0.646. The molecule has 2 rings (SSSR count). The maximum atomic E-state index is 13.6.